The van der Waals surface area contributed by atoms with Gasteiger partial charge in [-0.25, -0.2) is 0 Å². The Morgan fingerprint density at radius 3 is 2.57 bits per heavy atom. The molecule has 0 fully saturated rings. The van der Waals surface area contributed by atoms with Gasteiger partial charge in [0.15, 0.2) is 0 Å². The van der Waals surface area contributed by atoms with Crippen LogP contribution in [-0.2, 0) is 4.79 Å². The third kappa shape index (κ3) is 3.32. The molecule has 0 aromatic heterocycles. The van der Waals surface area contributed by atoms with Gasteiger partial charge < -0.3 is 5.11 Å². The number of carboxylic acid groups (broad SMARTS) is 1. The van der Waals surface area contributed by atoms with E-state index in [1.165, 1.54) is 21.9 Å². The quantitative estimate of drug-likeness (QED) is 0.709. The fourth-order valence-corrected chi connectivity index (χ4v) is 2.81. The van der Waals surface area contributed by atoms with E-state index in [0.717, 1.165) is 11.1 Å². The summed E-state index contributed by atoms with van der Waals surface area (Å²) in [5, 5.41) is 11.2. The first-order valence-electron chi connectivity index (χ1n) is 7.62. The Morgan fingerprint density at radius 1 is 1.00 bits per heavy atom. The molecule has 3 aromatic carbocycles. The molecule has 0 bridgehead atoms. The SMILES string of the molecule is Cc1ccc(-c2cccc(/C=C/CC(=O)O)c2)c2ccccc12. The van der Waals surface area contributed by atoms with Crippen LogP contribution in [0.25, 0.3) is 28.0 Å². The van der Waals surface area contributed by atoms with Crippen molar-refractivity contribution in [2.45, 2.75) is 13.3 Å². The van der Waals surface area contributed by atoms with E-state index in [9.17, 15) is 4.79 Å². The van der Waals surface area contributed by atoms with Gasteiger partial charge in [-0.05, 0) is 46.0 Å². The van der Waals surface area contributed by atoms with Gasteiger partial charge in [0.25, 0.3) is 0 Å². The smallest absolute Gasteiger partial charge is 0.307 e. The van der Waals surface area contributed by atoms with Crippen LogP contribution in [0.15, 0.2) is 66.7 Å². The van der Waals surface area contributed by atoms with Crippen molar-refractivity contribution in [1.82, 2.24) is 0 Å². The monoisotopic (exact) mass is 302 g/mol. The molecule has 114 valence electrons. The number of benzene rings is 3. The van der Waals surface area contributed by atoms with Gasteiger partial charge in [0.1, 0.15) is 0 Å². The Morgan fingerprint density at radius 2 is 1.78 bits per heavy atom. The average molecular weight is 302 g/mol. The van der Waals surface area contributed by atoms with Crippen LogP contribution >= 0.6 is 0 Å². The number of carboxylic acids is 1. The van der Waals surface area contributed by atoms with Crippen LogP contribution in [0.3, 0.4) is 0 Å². The Balaban J connectivity index is 2.04. The molecule has 0 aliphatic carbocycles. The third-order valence-electron chi connectivity index (χ3n) is 3.94. The van der Waals surface area contributed by atoms with Gasteiger partial charge in [-0.2, -0.15) is 0 Å². The molecule has 2 nitrogen and oxygen atoms in total. The van der Waals surface area contributed by atoms with E-state index in [-0.39, 0.29) is 6.42 Å². The Bertz CT molecular complexity index is 891. The first-order chi connectivity index (χ1) is 11.1. The van der Waals surface area contributed by atoms with Gasteiger partial charge in [0.2, 0.25) is 0 Å². The molecule has 0 saturated carbocycles. The summed E-state index contributed by atoms with van der Waals surface area (Å²) in [4.78, 5) is 10.6. The van der Waals surface area contributed by atoms with Gasteiger partial charge in [-0.1, -0.05) is 66.7 Å². The van der Waals surface area contributed by atoms with Gasteiger partial charge >= 0.3 is 5.97 Å². The zero-order valence-electron chi connectivity index (χ0n) is 13.0. The van der Waals surface area contributed by atoms with E-state index in [0.29, 0.717) is 0 Å². The lowest BCUT2D eigenvalue weighted by molar-refractivity contribution is -0.135. The number of aliphatic carboxylic acids is 1. The number of fused-ring (bicyclic) bond motifs is 1. The molecule has 1 N–H and O–H groups in total. The minimum atomic E-state index is -0.818. The summed E-state index contributed by atoms with van der Waals surface area (Å²) < 4.78 is 0. The van der Waals surface area contributed by atoms with Crippen LogP contribution in [0.1, 0.15) is 17.5 Å². The number of aryl methyl sites for hydroxylation is 1. The second-order valence-electron chi connectivity index (χ2n) is 5.60. The highest BCUT2D eigenvalue weighted by atomic mass is 16.4. The van der Waals surface area contributed by atoms with Crippen LogP contribution in [0.5, 0.6) is 0 Å². The second-order valence-corrected chi connectivity index (χ2v) is 5.60. The van der Waals surface area contributed by atoms with E-state index in [1.54, 1.807) is 6.08 Å². The normalized spacial score (nSPS) is 11.2. The summed E-state index contributed by atoms with van der Waals surface area (Å²) in [5.74, 6) is -0.818. The highest BCUT2D eigenvalue weighted by molar-refractivity contribution is 5.98. The molecule has 2 heteroatoms. The number of carbonyl (C=O) groups is 1. The molecule has 0 aliphatic rings. The van der Waals surface area contributed by atoms with Crippen molar-refractivity contribution in [2.75, 3.05) is 0 Å². The summed E-state index contributed by atoms with van der Waals surface area (Å²) in [6, 6.07) is 20.9. The predicted octanol–water partition coefficient (Wildman–Crippen LogP) is 5.30. The molecule has 0 unspecified atom stereocenters. The zero-order valence-corrected chi connectivity index (χ0v) is 13.0. The summed E-state index contributed by atoms with van der Waals surface area (Å²) in [6.07, 6.45) is 3.57. The molecule has 0 aliphatic heterocycles. The minimum Gasteiger partial charge on any atom is -0.481 e. The minimum absolute atomic E-state index is 0.0394. The maximum absolute atomic E-state index is 10.6. The van der Waals surface area contributed by atoms with Crippen LogP contribution in [0.2, 0.25) is 0 Å². The van der Waals surface area contributed by atoms with Crippen LogP contribution in [0.4, 0.5) is 0 Å². The molecule has 0 radical (unpaired) electrons. The Labute approximate surface area is 135 Å². The van der Waals surface area contributed by atoms with Crippen molar-refractivity contribution in [3.8, 4) is 11.1 Å². The predicted molar refractivity (Wildman–Crippen MR) is 95.4 cm³/mol. The molecule has 0 atom stereocenters. The highest BCUT2D eigenvalue weighted by Gasteiger charge is 2.05. The molecular formula is C21H18O2. The number of hydrogen-bond donors (Lipinski definition) is 1. The highest BCUT2D eigenvalue weighted by Crippen LogP contribution is 2.31. The van der Waals surface area contributed by atoms with Gasteiger partial charge in [-0.3, -0.25) is 4.79 Å². The van der Waals surface area contributed by atoms with E-state index in [1.807, 2.05) is 18.2 Å². The van der Waals surface area contributed by atoms with E-state index in [2.05, 4.69) is 55.5 Å². The Hall–Kier alpha value is -2.87. The maximum atomic E-state index is 10.6. The average Bonchev–Trinajstić information content (AvgIpc) is 2.55. The Kier molecular flexibility index (Phi) is 4.24. The fourth-order valence-electron chi connectivity index (χ4n) is 2.81. The summed E-state index contributed by atoms with van der Waals surface area (Å²) in [7, 11) is 0. The molecular weight excluding hydrogens is 284 g/mol. The van der Waals surface area contributed by atoms with Crippen molar-refractivity contribution in [1.29, 1.82) is 0 Å². The van der Waals surface area contributed by atoms with Crippen LogP contribution in [-0.4, -0.2) is 11.1 Å². The van der Waals surface area contributed by atoms with Crippen molar-refractivity contribution < 1.29 is 9.90 Å². The molecule has 0 saturated heterocycles. The first kappa shape index (κ1) is 15.0. The van der Waals surface area contributed by atoms with Crippen molar-refractivity contribution in [3.63, 3.8) is 0 Å². The van der Waals surface area contributed by atoms with E-state index < -0.39 is 5.97 Å². The van der Waals surface area contributed by atoms with Crippen molar-refractivity contribution in [2.24, 2.45) is 0 Å². The van der Waals surface area contributed by atoms with Crippen molar-refractivity contribution in [3.05, 3.63) is 77.9 Å². The molecule has 3 rings (SSSR count). The molecule has 0 heterocycles. The molecule has 3 aromatic rings. The summed E-state index contributed by atoms with van der Waals surface area (Å²) in [6.45, 7) is 2.12. The summed E-state index contributed by atoms with van der Waals surface area (Å²) >= 11 is 0. The van der Waals surface area contributed by atoms with E-state index >= 15 is 0 Å². The van der Waals surface area contributed by atoms with Crippen molar-refractivity contribution >= 4 is 22.8 Å². The van der Waals surface area contributed by atoms with E-state index in [4.69, 9.17) is 5.11 Å². The zero-order chi connectivity index (χ0) is 16.2. The van der Waals surface area contributed by atoms with Gasteiger partial charge in [0.05, 0.1) is 6.42 Å². The lowest BCUT2D eigenvalue weighted by Gasteiger charge is -2.10. The standard InChI is InChI=1S/C21H18O2/c1-15-12-13-19(20-10-3-2-9-18(15)20)17-8-4-6-16(14-17)7-5-11-21(22)23/h2-10,12-14H,11H2,1H3,(H,22,23)/b7-5+. The van der Waals surface area contributed by atoms with Gasteiger partial charge in [-0.15, -0.1) is 0 Å². The third-order valence-corrected chi connectivity index (χ3v) is 3.94. The summed E-state index contributed by atoms with van der Waals surface area (Å²) in [5.41, 5.74) is 4.61. The molecule has 0 spiro atoms. The largest absolute Gasteiger partial charge is 0.481 e. The van der Waals surface area contributed by atoms with Crippen LogP contribution in [0, 0.1) is 6.92 Å². The molecule has 0 amide bonds. The number of rotatable bonds is 4. The topological polar surface area (TPSA) is 37.3 Å². The molecule has 23 heavy (non-hydrogen) atoms. The van der Waals surface area contributed by atoms with Gasteiger partial charge in [0, 0.05) is 0 Å². The second kappa shape index (κ2) is 6.49. The lowest BCUT2D eigenvalue weighted by Crippen LogP contribution is -1.89. The number of hydrogen-bond acceptors (Lipinski definition) is 1. The fraction of sp³-hybridized carbons (Fsp3) is 0.0952. The first-order valence-corrected chi connectivity index (χ1v) is 7.62. The lowest BCUT2D eigenvalue weighted by atomic mass is 9.94. The maximum Gasteiger partial charge on any atom is 0.307 e. The van der Waals surface area contributed by atoms with Crippen LogP contribution < -0.4 is 0 Å².